The first-order valence-electron chi connectivity index (χ1n) is 8.48. The third-order valence-corrected chi connectivity index (χ3v) is 4.99. The fourth-order valence-corrected chi connectivity index (χ4v) is 3.25. The van der Waals surface area contributed by atoms with E-state index in [-0.39, 0.29) is 17.2 Å². The molecule has 0 aliphatic heterocycles. The number of nitro benzene ring substituents is 1. The second-order valence-corrected chi connectivity index (χ2v) is 6.84. The lowest BCUT2D eigenvalue weighted by Crippen LogP contribution is -2.03. The lowest BCUT2D eigenvalue weighted by Gasteiger charge is -2.09. The molecule has 0 saturated carbocycles. The number of hydrogen-bond donors (Lipinski definition) is 0. The average Bonchev–Trinajstić information content (AvgIpc) is 2.77. The fraction of sp³-hybridized carbons (Fsp3) is 0.150. The summed E-state index contributed by atoms with van der Waals surface area (Å²) in [7, 11) is 3.14. The number of carbonyl (C=O) groups is 1. The van der Waals surface area contributed by atoms with Crippen LogP contribution in [0.5, 0.6) is 11.5 Å². The Morgan fingerprint density at radius 3 is 2.31 bits per heavy atom. The van der Waals surface area contributed by atoms with Crippen molar-refractivity contribution in [3.63, 3.8) is 0 Å². The van der Waals surface area contributed by atoms with Crippen LogP contribution in [0.2, 0.25) is 0 Å². The quantitative estimate of drug-likeness (QED) is 0.237. The van der Waals surface area contributed by atoms with Gasteiger partial charge in [-0.3, -0.25) is 14.9 Å². The predicted molar refractivity (Wildman–Crippen MR) is 109 cm³/mol. The van der Waals surface area contributed by atoms with E-state index in [2.05, 4.69) is 10.2 Å². The third-order valence-electron chi connectivity index (χ3n) is 4.07. The Bertz CT molecular complexity index is 1020. The van der Waals surface area contributed by atoms with Crippen molar-refractivity contribution in [3.8, 4) is 22.8 Å². The summed E-state index contributed by atoms with van der Waals surface area (Å²) >= 11 is 1.25. The number of benzene rings is 2. The molecule has 0 bridgehead atoms. The van der Waals surface area contributed by atoms with Crippen LogP contribution in [-0.4, -0.2) is 40.9 Å². The molecule has 0 fully saturated rings. The van der Waals surface area contributed by atoms with Crippen LogP contribution in [-0.2, 0) is 0 Å². The molecule has 29 heavy (non-hydrogen) atoms. The van der Waals surface area contributed by atoms with Gasteiger partial charge >= 0.3 is 0 Å². The number of thioether (sulfide) groups is 1. The van der Waals surface area contributed by atoms with Gasteiger partial charge in [0.15, 0.2) is 17.3 Å². The van der Waals surface area contributed by atoms with Gasteiger partial charge in [0.2, 0.25) is 0 Å². The molecule has 0 atom stereocenters. The van der Waals surface area contributed by atoms with Gasteiger partial charge in [0, 0.05) is 23.3 Å². The summed E-state index contributed by atoms with van der Waals surface area (Å²) < 4.78 is 10.5. The molecule has 0 radical (unpaired) electrons. The molecule has 0 spiro atoms. The van der Waals surface area contributed by atoms with Gasteiger partial charge in [-0.1, -0.05) is 11.8 Å². The zero-order chi connectivity index (χ0) is 20.8. The molecule has 9 heteroatoms. The van der Waals surface area contributed by atoms with Crippen molar-refractivity contribution < 1.29 is 19.2 Å². The number of methoxy groups -OCH3 is 2. The van der Waals surface area contributed by atoms with Gasteiger partial charge in [-0.2, -0.15) is 0 Å². The molecule has 0 aliphatic carbocycles. The molecule has 0 aliphatic rings. The second kappa shape index (κ2) is 9.16. The van der Waals surface area contributed by atoms with Crippen molar-refractivity contribution in [1.82, 2.24) is 10.2 Å². The van der Waals surface area contributed by atoms with Gasteiger partial charge in [0.05, 0.1) is 30.6 Å². The van der Waals surface area contributed by atoms with E-state index in [1.165, 1.54) is 36.0 Å². The minimum Gasteiger partial charge on any atom is -0.493 e. The minimum atomic E-state index is -0.501. The molecule has 3 aromatic rings. The summed E-state index contributed by atoms with van der Waals surface area (Å²) in [6.07, 6.45) is 0. The largest absolute Gasteiger partial charge is 0.493 e. The molecule has 1 aromatic heterocycles. The number of hydrogen-bond acceptors (Lipinski definition) is 8. The number of Topliss-reactive ketones (excluding diaryl/α,β-unsaturated/α-hetero) is 1. The molecular weight excluding hydrogens is 394 g/mol. The number of nitrogens with zero attached hydrogens (tertiary/aromatic N) is 3. The Kier molecular flexibility index (Phi) is 6.40. The first-order valence-corrected chi connectivity index (χ1v) is 9.47. The summed E-state index contributed by atoms with van der Waals surface area (Å²) in [5.41, 5.74) is 1.86. The lowest BCUT2D eigenvalue weighted by molar-refractivity contribution is -0.384. The summed E-state index contributed by atoms with van der Waals surface area (Å²) in [4.78, 5) is 22.4. The Hall–Kier alpha value is -3.46. The number of non-ortho nitro benzene ring substituents is 1. The van der Waals surface area contributed by atoms with Crippen LogP contribution in [0.3, 0.4) is 0 Å². The molecule has 1 heterocycles. The van der Waals surface area contributed by atoms with Gasteiger partial charge < -0.3 is 9.47 Å². The summed E-state index contributed by atoms with van der Waals surface area (Å²) in [5.74, 6) is 1.23. The highest BCUT2D eigenvalue weighted by molar-refractivity contribution is 7.99. The van der Waals surface area contributed by atoms with Crippen LogP contribution in [0.15, 0.2) is 59.6 Å². The molecule has 8 nitrogen and oxygen atoms in total. The topological polar surface area (TPSA) is 104 Å². The number of nitro groups is 1. The van der Waals surface area contributed by atoms with Crippen LogP contribution in [0.25, 0.3) is 11.3 Å². The number of aromatic nitrogens is 2. The van der Waals surface area contributed by atoms with Crippen molar-refractivity contribution in [3.05, 3.63) is 70.3 Å². The SMILES string of the molecule is COc1ccc(-c2ccc(SCC(=O)c3ccc([N+](=O)[O-])cc3)nn2)cc1OC. The van der Waals surface area contributed by atoms with E-state index < -0.39 is 4.92 Å². The lowest BCUT2D eigenvalue weighted by atomic mass is 10.1. The van der Waals surface area contributed by atoms with E-state index in [9.17, 15) is 14.9 Å². The standard InChI is InChI=1S/C20H17N3O5S/c1-27-18-9-5-14(11-19(18)28-2)16-8-10-20(22-21-16)29-12-17(24)13-3-6-15(7-4-13)23(25)26/h3-11H,12H2,1-2H3. The normalized spacial score (nSPS) is 10.4. The van der Waals surface area contributed by atoms with Gasteiger partial charge in [-0.05, 0) is 42.5 Å². The van der Waals surface area contributed by atoms with Crippen molar-refractivity contribution in [2.75, 3.05) is 20.0 Å². The maximum absolute atomic E-state index is 12.3. The molecule has 0 amide bonds. The Balaban J connectivity index is 1.65. The molecular formula is C20H17N3O5S. The van der Waals surface area contributed by atoms with Crippen LogP contribution >= 0.6 is 11.8 Å². The highest BCUT2D eigenvalue weighted by Crippen LogP contribution is 2.31. The Morgan fingerprint density at radius 2 is 1.72 bits per heavy atom. The van der Waals surface area contributed by atoms with Gasteiger partial charge in [-0.15, -0.1) is 10.2 Å². The van der Waals surface area contributed by atoms with Crippen molar-refractivity contribution in [2.45, 2.75) is 5.03 Å². The van der Waals surface area contributed by atoms with E-state index in [0.29, 0.717) is 27.8 Å². The summed E-state index contributed by atoms with van der Waals surface area (Å²) in [6, 6.07) is 14.6. The van der Waals surface area contributed by atoms with Crippen molar-refractivity contribution in [2.24, 2.45) is 0 Å². The highest BCUT2D eigenvalue weighted by Gasteiger charge is 2.12. The molecule has 0 saturated heterocycles. The van der Waals surface area contributed by atoms with E-state index >= 15 is 0 Å². The number of carbonyl (C=O) groups excluding carboxylic acids is 1. The Labute approximate surface area is 171 Å². The number of ketones is 1. The van der Waals surface area contributed by atoms with Crippen LogP contribution < -0.4 is 9.47 Å². The maximum atomic E-state index is 12.3. The Morgan fingerprint density at radius 1 is 1.00 bits per heavy atom. The average molecular weight is 411 g/mol. The molecule has 148 valence electrons. The second-order valence-electron chi connectivity index (χ2n) is 5.84. The first kappa shape index (κ1) is 20.3. The van der Waals surface area contributed by atoms with Crippen LogP contribution in [0.4, 0.5) is 5.69 Å². The first-order chi connectivity index (χ1) is 14.0. The number of ether oxygens (including phenoxy) is 2. The van der Waals surface area contributed by atoms with Crippen molar-refractivity contribution in [1.29, 1.82) is 0 Å². The van der Waals surface area contributed by atoms with Crippen molar-refractivity contribution >= 4 is 23.2 Å². The summed E-state index contributed by atoms with van der Waals surface area (Å²) in [6.45, 7) is 0. The number of rotatable bonds is 8. The monoisotopic (exact) mass is 411 g/mol. The van der Waals surface area contributed by atoms with E-state index in [0.717, 1.165) is 5.56 Å². The van der Waals surface area contributed by atoms with Gasteiger partial charge in [-0.25, -0.2) is 0 Å². The molecule has 2 aromatic carbocycles. The predicted octanol–water partition coefficient (Wildman–Crippen LogP) is 4.04. The van der Waals surface area contributed by atoms with Gasteiger partial charge in [0.25, 0.3) is 5.69 Å². The maximum Gasteiger partial charge on any atom is 0.269 e. The van der Waals surface area contributed by atoms with E-state index in [4.69, 9.17) is 9.47 Å². The van der Waals surface area contributed by atoms with E-state index in [1.807, 2.05) is 18.2 Å². The summed E-state index contributed by atoms with van der Waals surface area (Å²) in [5, 5.41) is 19.6. The highest BCUT2D eigenvalue weighted by atomic mass is 32.2. The molecule has 0 unspecified atom stereocenters. The smallest absolute Gasteiger partial charge is 0.269 e. The minimum absolute atomic E-state index is 0.0502. The third kappa shape index (κ3) is 4.88. The fourth-order valence-electron chi connectivity index (χ4n) is 2.54. The zero-order valence-corrected chi connectivity index (χ0v) is 16.5. The van der Waals surface area contributed by atoms with Gasteiger partial charge in [0.1, 0.15) is 5.03 Å². The van der Waals surface area contributed by atoms with Crippen LogP contribution in [0, 0.1) is 10.1 Å². The molecule has 3 rings (SSSR count). The molecule has 0 N–H and O–H groups in total. The van der Waals surface area contributed by atoms with E-state index in [1.54, 1.807) is 26.4 Å². The zero-order valence-electron chi connectivity index (χ0n) is 15.7. The van der Waals surface area contributed by atoms with Crippen LogP contribution in [0.1, 0.15) is 10.4 Å².